The number of carbonyl (C=O) groups is 2. The number of hydrogen-bond acceptors (Lipinski definition) is 6. The number of nitrogens with one attached hydrogen (secondary N) is 2. The van der Waals surface area contributed by atoms with Gasteiger partial charge in [-0.2, -0.15) is 5.10 Å². The molecule has 5 rings (SSSR count). The fourth-order valence-electron chi connectivity index (χ4n) is 4.24. The number of primary amides is 1. The van der Waals surface area contributed by atoms with Gasteiger partial charge in [0.05, 0.1) is 17.8 Å². The zero-order chi connectivity index (χ0) is 26.8. The topological polar surface area (TPSA) is 150 Å². The SMILES string of the molecule is Cc1cc(NC(=O)Nc2cccc(-c3cc4cncnc4n(C)c3=O)c2)n(-c2cccc(CC(N)=O)c2)n1. The van der Waals surface area contributed by atoms with E-state index in [0.29, 0.717) is 39.7 Å². The molecule has 0 saturated carbocycles. The van der Waals surface area contributed by atoms with E-state index in [9.17, 15) is 14.4 Å². The van der Waals surface area contributed by atoms with Crippen LogP contribution in [0.2, 0.25) is 0 Å². The molecule has 11 nitrogen and oxygen atoms in total. The van der Waals surface area contributed by atoms with E-state index in [-0.39, 0.29) is 12.0 Å². The molecule has 0 radical (unpaired) electrons. The Balaban J connectivity index is 1.39. The molecule has 0 aliphatic rings. The highest BCUT2D eigenvalue weighted by Crippen LogP contribution is 2.23. The van der Waals surface area contributed by atoms with Gasteiger partial charge in [0.15, 0.2) is 0 Å². The highest BCUT2D eigenvalue weighted by molar-refractivity contribution is 6.00. The lowest BCUT2D eigenvalue weighted by molar-refractivity contribution is -0.117. The van der Waals surface area contributed by atoms with Crippen LogP contribution in [-0.4, -0.2) is 36.3 Å². The predicted molar refractivity (Wildman–Crippen MR) is 144 cm³/mol. The highest BCUT2D eigenvalue weighted by Gasteiger charge is 2.14. The summed E-state index contributed by atoms with van der Waals surface area (Å²) in [6.45, 7) is 1.81. The first kappa shape index (κ1) is 24.4. The average molecular weight is 509 g/mol. The van der Waals surface area contributed by atoms with Crippen molar-refractivity contribution in [2.45, 2.75) is 13.3 Å². The number of amides is 3. The molecule has 38 heavy (non-hydrogen) atoms. The molecule has 0 aliphatic heterocycles. The van der Waals surface area contributed by atoms with Crippen LogP contribution < -0.4 is 21.9 Å². The molecule has 3 heterocycles. The van der Waals surface area contributed by atoms with Crippen LogP contribution in [-0.2, 0) is 18.3 Å². The Morgan fingerprint density at radius 2 is 1.84 bits per heavy atom. The Labute approximate surface area is 217 Å². The molecule has 0 unspecified atom stereocenters. The first-order valence-corrected chi connectivity index (χ1v) is 11.7. The van der Waals surface area contributed by atoms with E-state index in [0.717, 1.165) is 10.9 Å². The molecule has 0 atom stereocenters. The number of hydrogen-bond donors (Lipinski definition) is 3. The minimum Gasteiger partial charge on any atom is -0.369 e. The summed E-state index contributed by atoms with van der Waals surface area (Å²) in [5.41, 5.74) is 9.35. The summed E-state index contributed by atoms with van der Waals surface area (Å²) >= 11 is 0. The number of rotatable bonds is 6. The monoisotopic (exact) mass is 508 g/mol. The number of fused-ring (bicyclic) bond motifs is 1. The number of pyridine rings is 1. The van der Waals surface area contributed by atoms with Crippen molar-refractivity contribution in [1.82, 2.24) is 24.3 Å². The fourth-order valence-corrected chi connectivity index (χ4v) is 4.24. The molecule has 3 aromatic heterocycles. The fraction of sp³-hybridized carbons (Fsp3) is 0.111. The first-order valence-electron chi connectivity index (χ1n) is 11.7. The van der Waals surface area contributed by atoms with E-state index >= 15 is 0 Å². The third kappa shape index (κ3) is 4.98. The van der Waals surface area contributed by atoms with Crippen LogP contribution in [0, 0.1) is 6.92 Å². The van der Waals surface area contributed by atoms with Gasteiger partial charge >= 0.3 is 6.03 Å². The first-order chi connectivity index (χ1) is 18.3. The number of nitrogens with zero attached hydrogens (tertiary/aromatic N) is 5. The van der Waals surface area contributed by atoms with Crippen molar-refractivity contribution >= 4 is 34.5 Å². The van der Waals surface area contributed by atoms with Gasteiger partial charge in [0.1, 0.15) is 17.8 Å². The van der Waals surface area contributed by atoms with E-state index in [1.165, 1.54) is 10.9 Å². The number of aryl methyl sites for hydroxylation is 2. The molecule has 0 fully saturated rings. The quantitative estimate of drug-likeness (QED) is 0.321. The molecule has 5 aromatic rings. The Bertz CT molecular complexity index is 1760. The van der Waals surface area contributed by atoms with Gasteiger partial charge in [0.25, 0.3) is 5.56 Å². The zero-order valence-corrected chi connectivity index (χ0v) is 20.7. The minimum absolute atomic E-state index is 0.0982. The van der Waals surface area contributed by atoms with Gasteiger partial charge in [-0.25, -0.2) is 19.4 Å². The van der Waals surface area contributed by atoms with Crippen LogP contribution in [0.3, 0.4) is 0 Å². The number of carbonyl (C=O) groups excluding carboxylic acids is 2. The minimum atomic E-state index is -0.489. The standard InChI is InChI=1S/C27H24N8O3/c1-16-9-24(35(33-16)21-8-3-5-17(10-21)11-23(28)36)32-27(38)31-20-7-4-6-18(12-20)22-13-19-14-29-15-30-25(19)34(2)26(22)37/h3-10,12-15H,11H2,1-2H3,(H2,28,36)(H2,31,32,38). The summed E-state index contributed by atoms with van der Waals surface area (Å²) in [7, 11) is 1.66. The molecule has 0 aliphatic carbocycles. The van der Waals surface area contributed by atoms with Crippen LogP contribution in [0.5, 0.6) is 0 Å². The summed E-state index contributed by atoms with van der Waals surface area (Å²) < 4.78 is 3.05. The van der Waals surface area contributed by atoms with Crippen molar-refractivity contribution in [1.29, 1.82) is 0 Å². The van der Waals surface area contributed by atoms with Gasteiger partial charge in [0.2, 0.25) is 5.91 Å². The van der Waals surface area contributed by atoms with Crippen LogP contribution in [0.4, 0.5) is 16.3 Å². The second-order valence-corrected chi connectivity index (χ2v) is 8.78. The van der Waals surface area contributed by atoms with Gasteiger partial charge in [-0.05, 0) is 48.4 Å². The Hall–Kier alpha value is -5.32. The van der Waals surface area contributed by atoms with E-state index in [2.05, 4.69) is 25.7 Å². The Kier molecular flexibility index (Phi) is 6.40. The van der Waals surface area contributed by atoms with Crippen LogP contribution in [0.15, 0.2) is 78.0 Å². The summed E-state index contributed by atoms with van der Waals surface area (Å²) in [6, 6.07) is 17.2. The normalized spacial score (nSPS) is 10.9. The predicted octanol–water partition coefficient (Wildman–Crippen LogP) is 3.16. The van der Waals surface area contributed by atoms with Crippen LogP contribution in [0.25, 0.3) is 27.8 Å². The summed E-state index contributed by atoms with van der Waals surface area (Å²) in [4.78, 5) is 45.5. The molecular weight excluding hydrogens is 484 g/mol. The molecule has 3 amide bonds. The van der Waals surface area contributed by atoms with E-state index in [1.807, 2.05) is 13.0 Å². The van der Waals surface area contributed by atoms with Crippen LogP contribution >= 0.6 is 0 Å². The maximum atomic E-state index is 13.0. The molecule has 0 bridgehead atoms. The summed E-state index contributed by atoms with van der Waals surface area (Å²) in [6.07, 6.45) is 3.15. The van der Waals surface area contributed by atoms with Crippen molar-refractivity contribution in [2.24, 2.45) is 12.8 Å². The van der Waals surface area contributed by atoms with E-state index in [1.54, 1.807) is 72.5 Å². The molecule has 2 aromatic carbocycles. The number of urea groups is 1. The van der Waals surface area contributed by atoms with Crippen molar-refractivity contribution in [3.63, 3.8) is 0 Å². The van der Waals surface area contributed by atoms with E-state index in [4.69, 9.17) is 5.73 Å². The van der Waals surface area contributed by atoms with Crippen molar-refractivity contribution in [3.8, 4) is 16.8 Å². The highest BCUT2D eigenvalue weighted by atomic mass is 16.2. The zero-order valence-electron chi connectivity index (χ0n) is 20.7. The molecule has 0 saturated heterocycles. The Morgan fingerprint density at radius 1 is 1.03 bits per heavy atom. The number of anilines is 2. The lowest BCUT2D eigenvalue weighted by atomic mass is 10.1. The lowest BCUT2D eigenvalue weighted by Gasteiger charge is -2.12. The molecule has 190 valence electrons. The van der Waals surface area contributed by atoms with Crippen molar-refractivity contribution < 1.29 is 9.59 Å². The molecule has 0 spiro atoms. The van der Waals surface area contributed by atoms with E-state index < -0.39 is 11.9 Å². The maximum absolute atomic E-state index is 13.0. The summed E-state index contributed by atoms with van der Waals surface area (Å²) in [5, 5.41) is 10.8. The smallest absolute Gasteiger partial charge is 0.324 e. The van der Waals surface area contributed by atoms with Gasteiger partial charge in [-0.3, -0.25) is 19.5 Å². The van der Waals surface area contributed by atoms with Gasteiger partial charge in [0, 0.05) is 35.9 Å². The van der Waals surface area contributed by atoms with Gasteiger partial charge < -0.3 is 11.1 Å². The van der Waals surface area contributed by atoms with Gasteiger partial charge in [-0.15, -0.1) is 0 Å². The third-order valence-corrected chi connectivity index (χ3v) is 5.91. The second-order valence-electron chi connectivity index (χ2n) is 8.78. The van der Waals surface area contributed by atoms with Crippen LogP contribution in [0.1, 0.15) is 11.3 Å². The molecular formula is C27H24N8O3. The number of nitrogens with two attached hydrogens (primary N) is 1. The number of benzene rings is 2. The lowest BCUT2D eigenvalue weighted by Crippen LogP contribution is -2.22. The molecule has 4 N–H and O–H groups in total. The molecule has 11 heteroatoms. The number of aromatic nitrogens is 5. The van der Waals surface area contributed by atoms with Crippen molar-refractivity contribution in [3.05, 3.63) is 94.8 Å². The third-order valence-electron chi connectivity index (χ3n) is 5.91. The Morgan fingerprint density at radius 3 is 2.66 bits per heavy atom. The summed E-state index contributed by atoms with van der Waals surface area (Å²) in [5.74, 6) is 0.00408. The average Bonchev–Trinajstić information content (AvgIpc) is 3.25. The van der Waals surface area contributed by atoms with Crippen molar-refractivity contribution in [2.75, 3.05) is 10.6 Å². The largest absolute Gasteiger partial charge is 0.369 e. The maximum Gasteiger partial charge on any atom is 0.324 e. The van der Waals surface area contributed by atoms with Gasteiger partial charge in [-0.1, -0.05) is 24.3 Å². The second kappa shape index (κ2) is 9.97.